The summed E-state index contributed by atoms with van der Waals surface area (Å²) in [6.07, 6.45) is 1.57. The van der Waals surface area contributed by atoms with Gasteiger partial charge in [0.2, 0.25) is 11.8 Å². The molecule has 2 heterocycles. The van der Waals surface area contributed by atoms with E-state index in [0.29, 0.717) is 36.2 Å². The molecule has 1 saturated heterocycles. The maximum Gasteiger partial charge on any atom is 0.265 e. The molecule has 0 bridgehead atoms. The molecule has 0 unspecified atom stereocenters. The van der Waals surface area contributed by atoms with Crippen molar-refractivity contribution >= 4 is 23.5 Å². The molecule has 0 saturated carbocycles. The van der Waals surface area contributed by atoms with Gasteiger partial charge in [0.1, 0.15) is 0 Å². The molecule has 1 fully saturated rings. The van der Waals surface area contributed by atoms with Gasteiger partial charge in [-0.25, -0.2) is 0 Å². The summed E-state index contributed by atoms with van der Waals surface area (Å²) in [4.78, 5) is 32.4. The molecule has 0 atom stereocenters. The molecule has 0 spiro atoms. The molecule has 1 aromatic carbocycles. The second-order valence-corrected chi connectivity index (χ2v) is 7.05. The highest BCUT2D eigenvalue weighted by atomic mass is 16.5. The van der Waals surface area contributed by atoms with Crippen LogP contribution in [0.25, 0.3) is 0 Å². The van der Waals surface area contributed by atoms with E-state index in [1.54, 1.807) is 23.1 Å². The molecule has 0 radical (unpaired) electrons. The van der Waals surface area contributed by atoms with E-state index < -0.39 is 0 Å². The third kappa shape index (κ3) is 4.10. The summed E-state index contributed by atoms with van der Waals surface area (Å²) in [6.45, 7) is 4.57. The van der Waals surface area contributed by atoms with Gasteiger partial charge in [-0.05, 0) is 42.6 Å². The molecule has 1 aliphatic rings. The Bertz CT molecular complexity index is 838. The summed E-state index contributed by atoms with van der Waals surface area (Å²) in [7, 11) is 3.74. The fraction of sp³-hybridized carbons (Fsp3) is 0.474. The zero-order chi connectivity index (χ0) is 19.6. The highest BCUT2D eigenvalue weighted by Gasteiger charge is 2.29. The molecule has 1 N–H and O–H groups in total. The Kier molecular flexibility index (Phi) is 5.43. The zero-order valence-electron chi connectivity index (χ0n) is 16.2. The second-order valence-electron chi connectivity index (χ2n) is 7.05. The number of aromatic nitrogens is 2. The molecular formula is C19H25N5O3. The number of rotatable bonds is 4. The Hall–Kier alpha value is -2.90. The van der Waals surface area contributed by atoms with Crippen LogP contribution in [-0.4, -0.2) is 54.0 Å². The third-order valence-corrected chi connectivity index (χ3v) is 4.84. The SMILES string of the molecule is CC(=O)Nc1cccc(C(=O)N2CCC(c3nc(N(C)C)no3)CC2)c1C. The summed E-state index contributed by atoms with van der Waals surface area (Å²) < 4.78 is 5.37. The quantitative estimate of drug-likeness (QED) is 0.887. The highest BCUT2D eigenvalue weighted by molar-refractivity contribution is 5.99. The van der Waals surface area contributed by atoms with Crippen molar-refractivity contribution in [1.29, 1.82) is 0 Å². The van der Waals surface area contributed by atoms with E-state index >= 15 is 0 Å². The number of anilines is 2. The van der Waals surface area contributed by atoms with E-state index in [9.17, 15) is 9.59 Å². The standard InChI is InChI=1S/C19H25N5O3/c1-12-15(6-5-7-16(12)20-13(2)25)18(26)24-10-8-14(9-11-24)17-21-19(22-27-17)23(3)4/h5-7,14H,8-11H2,1-4H3,(H,20,25). The zero-order valence-corrected chi connectivity index (χ0v) is 16.2. The van der Waals surface area contributed by atoms with Crippen LogP contribution in [0.1, 0.15) is 47.5 Å². The maximum absolute atomic E-state index is 13.0. The number of carbonyl (C=O) groups excluding carboxylic acids is 2. The first-order chi connectivity index (χ1) is 12.9. The Morgan fingerprint density at radius 1 is 1.26 bits per heavy atom. The predicted octanol–water partition coefficient (Wildman–Crippen LogP) is 2.42. The number of likely N-dealkylation sites (tertiary alicyclic amines) is 1. The van der Waals surface area contributed by atoms with Crippen LogP contribution in [0, 0.1) is 6.92 Å². The second kappa shape index (κ2) is 7.77. The maximum atomic E-state index is 13.0. The van der Waals surface area contributed by atoms with Crippen molar-refractivity contribution in [2.45, 2.75) is 32.6 Å². The topological polar surface area (TPSA) is 91.6 Å². The number of piperidine rings is 1. The number of nitrogens with zero attached hydrogens (tertiary/aromatic N) is 4. The van der Waals surface area contributed by atoms with Crippen LogP contribution in [0.3, 0.4) is 0 Å². The van der Waals surface area contributed by atoms with Crippen LogP contribution in [0.2, 0.25) is 0 Å². The van der Waals surface area contributed by atoms with Crippen LogP contribution in [0.5, 0.6) is 0 Å². The van der Waals surface area contributed by atoms with E-state index in [1.807, 2.05) is 25.9 Å². The van der Waals surface area contributed by atoms with Crippen LogP contribution >= 0.6 is 0 Å². The molecule has 2 aromatic rings. The van der Waals surface area contributed by atoms with Gasteiger partial charge < -0.3 is 19.6 Å². The van der Waals surface area contributed by atoms with Crippen molar-refractivity contribution in [3.63, 3.8) is 0 Å². The minimum atomic E-state index is -0.153. The van der Waals surface area contributed by atoms with Crippen LogP contribution < -0.4 is 10.2 Å². The van der Waals surface area contributed by atoms with Gasteiger partial charge in [-0.1, -0.05) is 6.07 Å². The van der Waals surface area contributed by atoms with Crippen molar-refractivity contribution in [1.82, 2.24) is 15.0 Å². The first-order valence-electron chi connectivity index (χ1n) is 9.04. The van der Waals surface area contributed by atoms with Gasteiger partial charge in [0, 0.05) is 51.3 Å². The average molecular weight is 371 g/mol. The molecule has 1 aliphatic heterocycles. The van der Waals surface area contributed by atoms with Gasteiger partial charge in [0.25, 0.3) is 11.9 Å². The molecule has 0 aliphatic carbocycles. The Balaban J connectivity index is 1.67. The Morgan fingerprint density at radius 3 is 2.56 bits per heavy atom. The van der Waals surface area contributed by atoms with E-state index in [2.05, 4.69) is 15.5 Å². The molecule has 2 amide bonds. The Labute approximate surface area is 158 Å². The van der Waals surface area contributed by atoms with Crippen LogP contribution in [-0.2, 0) is 4.79 Å². The fourth-order valence-electron chi connectivity index (χ4n) is 3.27. The molecule has 27 heavy (non-hydrogen) atoms. The molecule has 3 rings (SSSR count). The van der Waals surface area contributed by atoms with Gasteiger partial charge >= 0.3 is 0 Å². The number of benzene rings is 1. The summed E-state index contributed by atoms with van der Waals surface area (Å²) in [5.41, 5.74) is 2.07. The molecule has 8 heteroatoms. The van der Waals surface area contributed by atoms with E-state index in [1.165, 1.54) is 6.92 Å². The summed E-state index contributed by atoms with van der Waals surface area (Å²) in [6, 6.07) is 5.40. The smallest absolute Gasteiger partial charge is 0.265 e. The third-order valence-electron chi connectivity index (χ3n) is 4.84. The number of nitrogens with one attached hydrogen (secondary N) is 1. The molecule has 1 aromatic heterocycles. The first kappa shape index (κ1) is 18.9. The minimum absolute atomic E-state index is 0.0161. The largest absolute Gasteiger partial charge is 0.344 e. The lowest BCUT2D eigenvalue weighted by Crippen LogP contribution is -2.38. The van der Waals surface area contributed by atoms with Crippen LogP contribution in [0.4, 0.5) is 11.6 Å². The summed E-state index contributed by atoms with van der Waals surface area (Å²) in [5, 5.41) is 6.73. The molecule has 144 valence electrons. The first-order valence-corrected chi connectivity index (χ1v) is 9.04. The van der Waals surface area contributed by atoms with Crippen molar-refractivity contribution < 1.29 is 14.1 Å². The van der Waals surface area contributed by atoms with E-state index in [-0.39, 0.29) is 17.7 Å². The van der Waals surface area contributed by atoms with Gasteiger partial charge in [-0.3, -0.25) is 9.59 Å². The summed E-state index contributed by atoms with van der Waals surface area (Å²) in [5.74, 6) is 1.20. The lowest BCUT2D eigenvalue weighted by molar-refractivity contribution is -0.114. The lowest BCUT2D eigenvalue weighted by Gasteiger charge is -2.31. The number of hydrogen-bond donors (Lipinski definition) is 1. The molecule has 8 nitrogen and oxygen atoms in total. The monoisotopic (exact) mass is 371 g/mol. The predicted molar refractivity (Wildman–Crippen MR) is 102 cm³/mol. The minimum Gasteiger partial charge on any atom is -0.344 e. The normalized spacial score (nSPS) is 14.9. The van der Waals surface area contributed by atoms with Crippen molar-refractivity contribution in [2.75, 3.05) is 37.4 Å². The summed E-state index contributed by atoms with van der Waals surface area (Å²) >= 11 is 0. The fourth-order valence-corrected chi connectivity index (χ4v) is 3.27. The van der Waals surface area contributed by atoms with Crippen molar-refractivity contribution in [2.24, 2.45) is 0 Å². The lowest BCUT2D eigenvalue weighted by atomic mass is 9.95. The van der Waals surface area contributed by atoms with Crippen LogP contribution in [0.15, 0.2) is 22.7 Å². The highest BCUT2D eigenvalue weighted by Crippen LogP contribution is 2.29. The molecular weight excluding hydrogens is 346 g/mol. The number of amides is 2. The Morgan fingerprint density at radius 2 is 1.96 bits per heavy atom. The van der Waals surface area contributed by atoms with E-state index in [4.69, 9.17) is 4.52 Å². The average Bonchev–Trinajstić information content (AvgIpc) is 3.13. The van der Waals surface area contributed by atoms with Gasteiger partial charge in [0.15, 0.2) is 0 Å². The van der Waals surface area contributed by atoms with Gasteiger partial charge in [-0.15, -0.1) is 0 Å². The van der Waals surface area contributed by atoms with Gasteiger partial charge in [-0.2, -0.15) is 4.98 Å². The number of carbonyl (C=O) groups is 2. The van der Waals surface area contributed by atoms with Crippen molar-refractivity contribution in [3.8, 4) is 0 Å². The van der Waals surface area contributed by atoms with Gasteiger partial charge in [0.05, 0.1) is 0 Å². The van der Waals surface area contributed by atoms with Crippen molar-refractivity contribution in [3.05, 3.63) is 35.2 Å². The van der Waals surface area contributed by atoms with E-state index in [0.717, 1.165) is 18.4 Å². The number of hydrogen-bond acceptors (Lipinski definition) is 6.